The minimum absolute atomic E-state index is 0.00610. The standard InChI is InChI=1S/C45H38N6O7/c52-42-11-10-41(44(53)50-42)51-25-28-16-30(7-9-36(28)45(51)54)56-33-18-32(19-33)55-15-1-2-29-5-6-31(23-47-29)57-34-20-35(21-34)58-43-12-4-27(22-48-43)26-3-8-37-38-24-46-14-13-39(38)49-40(37)17-26/h3-9,12-14,16-17,22-24,32-35,41,49H,10-11,15,18-21,25H2,(H,50,52,53). The Balaban J connectivity index is 0.629. The molecule has 58 heavy (non-hydrogen) atoms. The number of imide groups is 1. The first-order valence-corrected chi connectivity index (χ1v) is 19.5. The molecule has 2 aliphatic carbocycles. The van der Waals surface area contributed by atoms with Gasteiger partial charge in [-0.2, -0.15) is 0 Å². The predicted molar refractivity (Wildman–Crippen MR) is 212 cm³/mol. The Hall–Kier alpha value is -6.78. The maximum absolute atomic E-state index is 13.0. The Bertz CT molecular complexity index is 2620. The van der Waals surface area contributed by atoms with Gasteiger partial charge in [-0.05, 0) is 72.0 Å². The molecule has 3 amide bonds. The van der Waals surface area contributed by atoms with Crippen molar-refractivity contribution in [3.8, 4) is 40.3 Å². The molecule has 1 atom stereocenters. The number of pyridine rings is 3. The topological polar surface area (TPSA) is 158 Å². The Kier molecular flexibility index (Phi) is 9.18. The number of nitrogens with one attached hydrogen (secondary N) is 2. The van der Waals surface area contributed by atoms with Crippen LogP contribution in [0.3, 0.4) is 0 Å². The molecule has 1 saturated heterocycles. The summed E-state index contributed by atoms with van der Waals surface area (Å²) in [6.45, 7) is 0.600. The van der Waals surface area contributed by atoms with Crippen molar-refractivity contribution < 1.29 is 33.3 Å². The van der Waals surface area contributed by atoms with Gasteiger partial charge in [-0.3, -0.25) is 24.7 Å². The molecule has 2 saturated carbocycles. The van der Waals surface area contributed by atoms with E-state index in [1.807, 2.05) is 48.8 Å². The summed E-state index contributed by atoms with van der Waals surface area (Å²) >= 11 is 0. The summed E-state index contributed by atoms with van der Waals surface area (Å²) in [5, 5.41) is 4.59. The van der Waals surface area contributed by atoms with Crippen molar-refractivity contribution in [3.05, 3.63) is 108 Å². The summed E-state index contributed by atoms with van der Waals surface area (Å²) in [5.74, 6) is 7.14. The number of H-pyrrole nitrogens is 1. The third-order valence-corrected chi connectivity index (χ3v) is 11.3. The van der Waals surface area contributed by atoms with Crippen molar-refractivity contribution in [1.29, 1.82) is 0 Å². The van der Waals surface area contributed by atoms with E-state index in [0.29, 0.717) is 41.6 Å². The van der Waals surface area contributed by atoms with Gasteiger partial charge >= 0.3 is 0 Å². The number of hydrogen-bond acceptors (Lipinski definition) is 10. The van der Waals surface area contributed by atoms with E-state index in [1.165, 1.54) is 4.90 Å². The van der Waals surface area contributed by atoms with Gasteiger partial charge in [0.2, 0.25) is 17.7 Å². The number of fused-ring (bicyclic) bond motifs is 4. The van der Waals surface area contributed by atoms with E-state index in [1.54, 1.807) is 24.5 Å². The highest BCUT2D eigenvalue weighted by Crippen LogP contribution is 2.34. The van der Waals surface area contributed by atoms with Crippen molar-refractivity contribution in [3.63, 3.8) is 0 Å². The number of aromatic nitrogens is 4. The van der Waals surface area contributed by atoms with Gasteiger partial charge in [-0.25, -0.2) is 9.97 Å². The Morgan fingerprint density at radius 3 is 2.36 bits per heavy atom. The number of benzene rings is 2. The number of nitrogens with zero attached hydrogens (tertiary/aromatic N) is 4. The van der Waals surface area contributed by atoms with Gasteiger partial charge in [0, 0.05) is 96.2 Å². The van der Waals surface area contributed by atoms with Gasteiger partial charge in [0.05, 0.1) is 12.3 Å². The lowest BCUT2D eigenvalue weighted by molar-refractivity contribution is -0.136. The van der Waals surface area contributed by atoms with Gasteiger partial charge in [-0.15, -0.1) is 0 Å². The highest BCUT2D eigenvalue weighted by Gasteiger charge is 2.40. The van der Waals surface area contributed by atoms with Crippen LogP contribution in [-0.2, 0) is 20.9 Å². The lowest BCUT2D eigenvalue weighted by Crippen LogP contribution is -2.52. The fraction of sp³-hybridized carbons (Fsp3) is 0.289. The Morgan fingerprint density at radius 1 is 0.741 bits per heavy atom. The number of carbonyl (C=O) groups is 3. The molecule has 0 spiro atoms. The van der Waals surface area contributed by atoms with E-state index >= 15 is 0 Å². The number of amides is 3. The van der Waals surface area contributed by atoms with Crippen LogP contribution in [-0.4, -0.2) is 79.6 Å². The smallest absolute Gasteiger partial charge is 0.255 e. The second kappa shape index (κ2) is 14.9. The van der Waals surface area contributed by atoms with E-state index in [-0.39, 0.29) is 49.3 Å². The number of rotatable bonds is 10. The van der Waals surface area contributed by atoms with E-state index in [9.17, 15) is 14.4 Å². The van der Waals surface area contributed by atoms with E-state index in [0.717, 1.165) is 64.2 Å². The van der Waals surface area contributed by atoms with Crippen molar-refractivity contribution in [2.75, 3.05) is 6.61 Å². The van der Waals surface area contributed by atoms with Crippen LogP contribution >= 0.6 is 0 Å². The largest absolute Gasteiger partial charge is 0.490 e. The van der Waals surface area contributed by atoms with Crippen molar-refractivity contribution in [1.82, 2.24) is 30.2 Å². The quantitative estimate of drug-likeness (QED) is 0.127. The van der Waals surface area contributed by atoms with Gasteiger partial charge in [0.15, 0.2) is 0 Å². The van der Waals surface area contributed by atoms with Crippen LogP contribution < -0.4 is 19.5 Å². The molecular formula is C45H38N6O7. The third-order valence-electron chi connectivity index (χ3n) is 11.3. The van der Waals surface area contributed by atoms with Crippen molar-refractivity contribution in [2.45, 2.75) is 75.5 Å². The lowest BCUT2D eigenvalue weighted by atomic mass is 9.92. The molecule has 6 heterocycles. The second-order valence-electron chi connectivity index (χ2n) is 15.2. The number of aromatic amines is 1. The molecule has 290 valence electrons. The molecular weight excluding hydrogens is 737 g/mol. The van der Waals surface area contributed by atoms with Crippen molar-refractivity contribution >= 4 is 39.5 Å². The molecule has 4 aliphatic rings. The zero-order valence-corrected chi connectivity index (χ0v) is 31.4. The molecule has 2 aliphatic heterocycles. The van der Waals surface area contributed by atoms with Crippen LogP contribution in [0.25, 0.3) is 32.9 Å². The molecule has 13 heteroatoms. The summed E-state index contributed by atoms with van der Waals surface area (Å²) in [6, 6.07) is 20.8. The van der Waals surface area contributed by atoms with Gasteiger partial charge < -0.3 is 28.8 Å². The molecule has 13 nitrogen and oxygen atoms in total. The second-order valence-corrected chi connectivity index (χ2v) is 15.2. The number of carbonyl (C=O) groups excluding carboxylic acids is 3. The zero-order chi connectivity index (χ0) is 39.2. The SMILES string of the molecule is O=C1CCC(N2Cc3cc(OC4CC(OCC#Cc5ccc(OC6CC(Oc7ccc(-c8ccc9c(c8)[nH]c8ccncc89)cn7)C6)cn5)C4)ccc3C2=O)C(=O)N1. The summed E-state index contributed by atoms with van der Waals surface area (Å²) < 4.78 is 24.3. The van der Waals surface area contributed by atoms with Crippen LogP contribution in [0.1, 0.15) is 60.1 Å². The minimum atomic E-state index is -0.639. The monoisotopic (exact) mass is 774 g/mol. The van der Waals surface area contributed by atoms with Gasteiger partial charge in [-0.1, -0.05) is 18.1 Å². The highest BCUT2D eigenvalue weighted by atomic mass is 16.5. The fourth-order valence-electron chi connectivity index (χ4n) is 8.00. The number of piperidine rings is 1. The van der Waals surface area contributed by atoms with E-state index < -0.39 is 11.9 Å². The summed E-state index contributed by atoms with van der Waals surface area (Å²) in [6.07, 6.45) is 10.9. The van der Waals surface area contributed by atoms with Crippen LogP contribution in [0.5, 0.6) is 17.4 Å². The molecule has 6 aromatic rings. The van der Waals surface area contributed by atoms with E-state index in [4.69, 9.17) is 18.9 Å². The minimum Gasteiger partial charge on any atom is -0.490 e. The van der Waals surface area contributed by atoms with Crippen LogP contribution in [0.15, 0.2) is 91.5 Å². The molecule has 2 N–H and O–H groups in total. The first kappa shape index (κ1) is 35.6. The number of hydrogen-bond donors (Lipinski definition) is 2. The molecule has 3 fully saturated rings. The highest BCUT2D eigenvalue weighted by molar-refractivity contribution is 6.08. The zero-order valence-electron chi connectivity index (χ0n) is 31.4. The van der Waals surface area contributed by atoms with Crippen LogP contribution in [0.2, 0.25) is 0 Å². The first-order chi connectivity index (χ1) is 28.4. The maximum Gasteiger partial charge on any atom is 0.255 e. The first-order valence-electron chi connectivity index (χ1n) is 19.5. The fourth-order valence-corrected chi connectivity index (χ4v) is 8.00. The van der Waals surface area contributed by atoms with Crippen LogP contribution in [0, 0.1) is 11.8 Å². The number of ether oxygens (including phenoxy) is 4. The third kappa shape index (κ3) is 7.18. The van der Waals surface area contributed by atoms with Crippen LogP contribution in [0.4, 0.5) is 0 Å². The summed E-state index contributed by atoms with van der Waals surface area (Å²) in [4.78, 5) is 55.1. The lowest BCUT2D eigenvalue weighted by Gasteiger charge is -2.34. The maximum atomic E-state index is 13.0. The average molecular weight is 775 g/mol. The molecule has 2 aromatic carbocycles. The molecule has 10 rings (SSSR count). The molecule has 0 bridgehead atoms. The normalized spacial score (nSPS) is 22.4. The van der Waals surface area contributed by atoms with Crippen molar-refractivity contribution in [2.24, 2.45) is 0 Å². The molecule has 4 aromatic heterocycles. The van der Waals surface area contributed by atoms with E-state index in [2.05, 4.69) is 55.3 Å². The molecule has 0 radical (unpaired) electrons. The Labute approximate surface area is 333 Å². The summed E-state index contributed by atoms with van der Waals surface area (Å²) in [5.41, 5.74) is 6.25. The Morgan fingerprint density at radius 2 is 1.55 bits per heavy atom. The van der Waals surface area contributed by atoms with Gasteiger partial charge in [0.25, 0.3) is 5.91 Å². The molecule has 1 unspecified atom stereocenters. The van der Waals surface area contributed by atoms with Gasteiger partial charge in [0.1, 0.15) is 48.2 Å². The predicted octanol–water partition coefficient (Wildman–Crippen LogP) is 5.90. The summed E-state index contributed by atoms with van der Waals surface area (Å²) in [7, 11) is 0. The average Bonchev–Trinajstić information content (AvgIpc) is 3.74.